The molecule has 13 rings (SSSR count). The van der Waals surface area contributed by atoms with Crippen LogP contribution in [-0.2, 0) is 5.41 Å². The lowest BCUT2D eigenvalue weighted by atomic mass is 9.61. The van der Waals surface area contributed by atoms with Crippen LogP contribution in [0.4, 0.5) is 17.1 Å². The maximum absolute atomic E-state index is 9.66. The van der Waals surface area contributed by atoms with Gasteiger partial charge in [-0.25, -0.2) is 0 Å². The van der Waals surface area contributed by atoms with Gasteiger partial charge in [-0.2, -0.15) is 0 Å². The van der Waals surface area contributed by atoms with Gasteiger partial charge in [0.05, 0.1) is 33.3 Å². The molecule has 1 aromatic heterocycles. The molecule has 1 spiro atoms. The van der Waals surface area contributed by atoms with Gasteiger partial charge in [-0.05, 0) is 104 Å². The van der Waals surface area contributed by atoms with E-state index >= 15 is 0 Å². The fourth-order valence-electron chi connectivity index (χ4n) is 10.6. The van der Waals surface area contributed by atoms with Gasteiger partial charge in [0.1, 0.15) is 0 Å². The van der Waals surface area contributed by atoms with Gasteiger partial charge in [0.15, 0.2) is 0 Å². The van der Waals surface area contributed by atoms with Crippen LogP contribution in [0, 0.1) is 0 Å². The summed E-state index contributed by atoms with van der Waals surface area (Å²) in [5, 5.41) is 6.71. The second-order valence-electron chi connectivity index (χ2n) is 15.7. The number of para-hydroxylation sites is 2. The van der Waals surface area contributed by atoms with Gasteiger partial charge in [-0.1, -0.05) is 170 Å². The van der Waals surface area contributed by atoms with Gasteiger partial charge >= 0.3 is 0 Å². The first kappa shape index (κ1) is 28.7. The van der Waals surface area contributed by atoms with E-state index in [1.54, 1.807) is 0 Å². The topological polar surface area (TPSA) is 8.17 Å². The van der Waals surface area contributed by atoms with Crippen molar-refractivity contribution in [1.82, 2.24) is 4.57 Å². The van der Waals surface area contributed by atoms with Gasteiger partial charge in [-0.15, -0.1) is 0 Å². The molecule has 0 saturated carbocycles. The van der Waals surface area contributed by atoms with E-state index in [1.807, 2.05) is 18.2 Å². The van der Waals surface area contributed by atoms with E-state index in [4.69, 9.17) is 2.74 Å². The van der Waals surface area contributed by atoms with Crippen LogP contribution in [-0.4, -0.2) is 4.57 Å². The van der Waals surface area contributed by atoms with E-state index in [-0.39, 0.29) is 24.2 Å². The SMILES string of the molecule is [2H]c1c([2H])c([2H])c2c(c1[2H])-c1ccccc1C21c2ccccc2-c2cccc3c(N(c4ccc5c(c4)c4ccccc4n5-c4ccccc4)c4cccc5ccccc45)ccc1c23. The summed E-state index contributed by atoms with van der Waals surface area (Å²) < 4.78 is 39.2. The molecule has 274 valence electrons. The Morgan fingerprint density at radius 3 is 1.90 bits per heavy atom. The number of fused-ring (bicyclic) bond motifs is 13. The smallest absolute Gasteiger partial charge is 0.0725 e. The first-order chi connectivity index (χ1) is 31.0. The van der Waals surface area contributed by atoms with Crippen molar-refractivity contribution >= 4 is 60.4 Å². The Morgan fingerprint density at radius 2 is 1.03 bits per heavy atom. The zero-order chi connectivity index (χ0) is 42.1. The molecular weight excluding hydrogens is 713 g/mol. The molecule has 0 aliphatic heterocycles. The highest BCUT2D eigenvalue weighted by atomic mass is 15.1. The molecule has 0 bridgehead atoms. The summed E-state index contributed by atoms with van der Waals surface area (Å²) in [7, 11) is 0. The number of hydrogen-bond acceptors (Lipinski definition) is 1. The molecule has 2 aliphatic carbocycles. The minimum absolute atomic E-state index is 0.00559. The van der Waals surface area contributed by atoms with Crippen molar-refractivity contribution in [3.8, 4) is 27.9 Å². The highest BCUT2D eigenvalue weighted by molar-refractivity contribution is 6.15. The summed E-state index contributed by atoms with van der Waals surface area (Å²) in [5.41, 5.74) is 12.6. The van der Waals surface area contributed by atoms with E-state index in [2.05, 4.69) is 185 Å². The zero-order valence-electron chi connectivity index (χ0n) is 35.9. The zero-order valence-corrected chi connectivity index (χ0v) is 31.9. The summed E-state index contributed by atoms with van der Waals surface area (Å²) in [6.45, 7) is 0. The summed E-state index contributed by atoms with van der Waals surface area (Å²) >= 11 is 0. The van der Waals surface area contributed by atoms with Crippen LogP contribution in [0.5, 0.6) is 0 Å². The fraction of sp³-hybridized carbons (Fsp3) is 0.0175. The molecule has 0 amide bonds. The monoisotopic (exact) mass is 752 g/mol. The first-order valence-corrected chi connectivity index (χ1v) is 20.2. The summed E-state index contributed by atoms with van der Waals surface area (Å²) in [5.74, 6) is 0. The van der Waals surface area contributed by atoms with E-state index in [0.29, 0.717) is 11.1 Å². The Bertz CT molecular complexity index is 3750. The summed E-state index contributed by atoms with van der Waals surface area (Å²) in [4.78, 5) is 2.41. The molecule has 0 radical (unpaired) electrons. The van der Waals surface area contributed by atoms with E-state index in [9.17, 15) is 2.74 Å². The van der Waals surface area contributed by atoms with Crippen molar-refractivity contribution in [3.63, 3.8) is 0 Å². The molecular formula is C57H36N2. The molecule has 0 fully saturated rings. The second-order valence-corrected chi connectivity index (χ2v) is 15.7. The van der Waals surface area contributed by atoms with Gasteiger partial charge in [0, 0.05) is 32.9 Å². The Morgan fingerprint density at radius 1 is 0.407 bits per heavy atom. The number of aromatic nitrogens is 1. The lowest BCUT2D eigenvalue weighted by Gasteiger charge is -2.40. The minimum Gasteiger partial charge on any atom is -0.309 e. The van der Waals surface area contributed by atoms with Crippen molar-refractivity contribution in [3.05, 3.63) is 241 Å². The number of benzene rings is 10. The molecule has 1 atom stereocenters. The lowest BCUT2D eigenvalue weighted by molar-refractivity contribution is 0.773. The van der Waals surface area contributed by atoms with Gasteiger partial charge in [-0.3, -0.25) is 0 Å². The van der Waals surface area contributed by atoms with E-state index in [1.165, 1.54) is 5.39 Å². The van der Waals surface area contributed by atoms with Crippen molar-refractivity contribution in [2.24, 2.45) is 0 Å². The molecule has 1 heterocycles. The lowest BCUT2D eigenvalue weighted by Crippen LogP contribution is -2.32. The van der Waals surface area contributed by atoms with Crippen LogP contribution in [0.2, 0.25) is 0 Å². The van der Waals surface area contributed by atoms with Crippen LogP contribution in [0.15, 0.2) is 218 Å². The first-order valence-electron chi connectivity index (χ1n) is 22.2. The maximum Gasteiger partial charge on any atom is 0.0725 e. The fourth-order valence-corrected chi connectivity index (χ4v) is 10.6. The molecule has 2 aliphatic rings. The molecule has 1 unspecified atom stereocenters. The largest absolute Gasteiger partial charge is 0.309 e. The van der Waals surface area contributed by atoms with Crippen molar-refractivity contribution in [2.45, 2.75) is 5.41 Å². The predicted octanol–water partition coefficient (Wildman–Crippen LogP) is 14.9. The number of rotatable bonds is 4. The quantitative estimate of drug-likeness (QED) is 0.174. The van der Waals surface area contributed by atoms with Crippen LogP contribution < -0.4 is 4.90 Å². The van der Waals surface area contributed by atoms with E-state index in [0.717, 1.165) is 94.1 Å². The second kappa shape index (κ2) is 12.2. The minimum atomic E-state index is -1.01. The molecule has 0 N–H and O–H groups in total. The molecule has 2 nitrogen and oxygen atoms in total. The van der Waals surface area contributed by atoms with Crippen molar-refractivity contribution < 1.29 is 5.48 Å². The van der Waals surface area contributed by atoms with Crippen molar-refractivity contribution in [1.29, 1.82) is 0 Å². The van der Waals surface area contributed by atoms with Gasteiger partial charge < -0.3 is 9.47 Å². The molecule has 11 aromatic rings. The van der Waals surface area contributed by atoms with Gasteiger partial charge in [0.25, 0.3) is 0 Å². The number of hydrogen-bond donors (Lipinski definition) is 0. The molecule has 10 aromatic carbocycles. The average molecular weight is 753 g/mol. The third-order valence-corrected chi connectivity index (χ3v) is 12.9. The predicted molar refractivity (Wildman–Crippen MR) is 247 cm³/mol. The Labute approximate surface area is 348 Å². The molecule has 2 heteroatoms. The Kier molecular flexibility index (Phi) is 5.91. The average Bonchev–Trinajstić information content (AvgIpc) is 3.83. The van der Waals surface area contributed by atoms with Crippen LogP contribution in [0.1, 0.15) is 27.7 Å². The van der Waals surface area contributed by atoms with Crippen LogP contribution in [0.25, 0.3) is 71.3 Å². The summed E-state index contributed by atoms with van der Waals surface area (Å²) in [6.07, 6.45) is 0. The van der Waals surface area contributed by atoms with Crippen LogP contribution in [0.3, 0.4) is 0 Å². The molecule has 59 heavy (non-hydrogen) atoms. The molecule has 0 saturated heterocycles. The number of anilines is 3. The normalized spacial score (nSPS) is 15.8. The highest BCUT2D eigenvalue weighted by Gasteiger charge is 2.50. The summed E-state index contributed by atoms with van der Waals surface area (Å²) in [6, 6.07) is 68.3. The Balaban J connectivity index is 1.15. The third-order valence-electron chi connectivity index (χ3n) is 12.9. The van der Waals surface area contributed by atoms with Gasteiger partial charge in [0.2, 0.25) is 0 Å². The highest BCUT2D eigenvalue weighted by Crippen LogP contribution is 2.62. The number of nitrogens with zero attached hydrogens (tertiary/aromatic N) is 2. The Hall–Kier alpha value is -7.68. The third kappa shape index (κ3) is 4.30. The van der Waals surface area contributed by atoms with E-state index < -0.39 is 5.41 Å². The maximum atomic E-state index is 9.66. The standard InChI is InChI=1S/C57H36N2/c1-2-18-38(19-3-1)58-53-30-13-9-24-44(53)47-36-39(32-34-55(47)58)59(52-31-14-17-37-16-4-5-20-40(37)52)54-35-33-51-56-45(25-15-26-46(54)56)43-23-8-12-29-50(43)57(51)48-27-10-6-21-41(48)42-22-7-11-28-49(42)57/h1-36H/i6D,10D,21D,27D. The van der Waals surface area contributed by atoms with Crippen LogP contribution >= 0.6 is 0 Å². The van der Waals surface area contributed by atoms with Crippen molar-refractivity contribution in [2.75, 3.05) is 4.90 Å².